The lowest BCUT2D eigenvalue weighted by atomic mass is 9.41. The van der Waals surface area contributed by atoms with Gasteiger partial charge in [0, 0.05) is 6.42 Å². The highest BCUT2D eigenvalue weighted by Crippen LogP contribution is 2.72. The van der Waals surface area contributed by atoms with Gasteiger partial charge in [0.25, 0.3) is 0 Å². The van der Waals surface area contributed by atoms with Crippen LogP contribution in [0.25, 0.3) is 0 Å². The summed E-state index contributed by atoms with van der Waals surface area (Å²) in [5.74, 6) is 0.569. The van der Waals surface area contributed by atoms with Crippen LogP contribution < -0.4 is 0 Å². The average molecular weight is 403 g/mol. The first-order valence-electron chi connectivity index (χ1n) is 11.7. The molecule has 0 saturated heterocycles. The predicted molar refractivity (Wildman–Crippen MR) is 112 cm³/mol. The van der Waals surface area contributed by atoms with Crippen LogP contribution in [0, 0.1) is 39.9 Å². The number of carboxylic acid groups (broad SMARTS) is 1. The third-order valence-corrected chi connectivity index (χ3v) is 9.37. The van der Waals surface area contributed by atoms with Crippen LogP contribution in [0.2, 0.25) is 0 Å². The SMILES string of the molecule is C=C1CC23CCC4C(COC(=O)CC(C)C)(C(=O)O)CCCC4(C)C2CCC1C3. The zero-order valence-electron chi connectivity index (χ0n) is 18.5. The van der Waals surface area contributed by atoms with Gasteiger partial charge in [-0.15, -0.1) is 0 Å². The maximum Gasteiger partial charge on any atom is 0.313 e. The van der Waals surface area contributed by atoms with E-state index in [-0.39, 0.29) is 29.8 Å². The molecule has 4 aliphatic rings. The van der Waals surface area contributed by atoms with E-state index >= 15 is 0 Å². The molecule has 4 nitrogen and oxygen atoms in total. The van der Waals surface area contributed by atoms with Gasteiger partial charge in [0.2, 0.25) is 0 Å². The fourth-order valence-corrected chi connectivity index (χ4v) is 8.25. The minimum Gasteiger partial charge on any atom is -0.481 e. The topological polar surface area (TPSA) is 63.6 Å². The zero-order valence-corrected chi connectivity index (χ0v) is 18.5. The number of hydrogen-bond donors (Lipinski definition) is 1. The van der Waals surface area contributed by atoms with Crippen LogP contribution in [-0.4, -0.2) is 23.7 Å². The molecule has 162 valence electrons. The number of carbonyl (C=O) groups is 2. The van der Waals surface area contributed by atoms with Gasteiger partial charge in [0.1, 0.15) is 12.0 Å². The minimum absolute atomic E-state index is 0.0228. The first kappa shape index (κ1) is 20.9. The normalized spacial score (nSPS) is 43.6. The third kappa shape index (κ3) is 3.16. The molecule has 4 fully saturated rings. The molecular formula is C25H38O4. The summed E-state index contributed by atoms with van der Waals surface area (Å²) in [7, 11) is 0. The van der Waals surface area contributed by atoms with E-state index in [1.807, 2.05) is 13.8 Å². The van der Waals surface area contributed by atoms with Crippen LogP contribution in [0.4, 0.5) is 0 Å². The molecule has 0 heterocycles. The second-order valence-electron chi connectivity index (χ2n) is 11.4. The lowest BCUT2D eigenvalue weighted by molar-refractivity contribution is -0.196. The number of esters is 1. The molecular weight excluding hydrogens is 364 g/mol. The number of fused-ring (bicyclic) bond motifs is 3. The van der Waals surface area contributed by atoms with Crippen molar-refractivity contribution in [1.82, 2.24) is 0 Å². The van der Waals surface area contributed by atoms with E-state index in [2.05, 4.69) is 13.5 Å². The maximum atomic E-state index is 12.7. The van der Waals surface area contributed by atoms with Gasteiger partial charge in [0.15, 0.2) is 0 Å². The molecule has 4 aliphatic carbocycles. The van der Waals surface area contributed by atoms with Crippen molar-refractivity contribution < 1.29 is 19.4 Å². The molecule has 6 atom stereocenters. The fourth-order valence-electron chi connectivity index (χ4n) is 8.25. The lowest BCUT2D eigenvalue weighted by Gasteiger charge is -2.63. The van der Waals surface area contributed by atoms with Crippen LogP contribution in [0.1, 0.15) is 85.0 Å². The van der Waals surface area contributed by atoms with E-state index in [0.717, 1.165) is 32.1 Å². The first-order chi connectivity index (χ1) is 13.6. The lowest BCUT2D eigenvalue weighted by Crippen LogP contribution is -2.60. The summed E-state index contributed by atoms with van der Waals surface area (Å²) in [6, 6.07) is 0. The Morgan fingerprint density at radius 1 is 1.17 bits per heavy atom. The number of carboxylic acids is 1. The molecule has 0 aromatic carbocycles. The number of rotatable bonds is 5. The van der Waals surface area contributed by atoms with E-state index in [1.54, 1.807) is 0 Å². The molecule has 2 bridgehead atoms. The van der Waals surface area contributed by atoms with E-state index < -0.39 is 11.4 Å². The van der Waals surface area contributed by atoms with Crippen LogP contribution >= 0.6 is 0 Å². The number of carbonyl (C=O) groups excluding carboxylic acids is 1. The van der Waals surface area contributed by atoms with Crippen molar-refractivity contribution in [1.29, 1.82) is 0 Å². The van der Waals surface area contributed by atoms with E-state index in [9.17, 15) is 14.7 Å². The highest BCUT2D eigenvalue weighted by Gasteiger charge is 2.66. The van der Waals surface area contributed by atoms with Crippen LogP contribution in [0.3, 0.4) is 0 Å². The van der Waals surface area contributed by atoms with Crippen molar-refractivity contribution in [3.63, 3.8) is 0 Å². The van der Waals surface area contributed by atoms with Crippen molar-refractivity contribution in [2.45, 2.75) is 85.0 Å². The molecule has 0 aromatic heterocycles. The summed E-state index contributed by atoms with van der Waals surface area (Å²) in [4.78, 5) is 24.9. The Kier molecular flexibility index (Phi) is 5.15. The number of ether oxygens (including phenoxy) is 1. The maximum absolute atomic E-state index is 12.7. The van der Waals surface area contributed by atoms with Gasteiger partial charge in [-0.2, -0.15) is 0 Å². The molecule has 29 heavy (non-hydrogen) atoms. The standard InChI is InChI=1S/C25H38O4/c1-16(2)12-21(26)29-15-25(22(27)28)10-5-9-23(4)19-7-6-18-14-24(19,13-17(18)3)11-8-20(23)25/h16,18-20H,3,5-15H2,1-2,4H3,(H,27,28). The monoisotopic (exact) mass is 402 g/mol. The summed E-state index contributed by atoms with van der Waals surface area (Å²) in [6.45, 7) is 10.8. The number of aliphatic carboxylic acids is 1. The molecule has 1 N–H and O–H groups in total. The van der Waals surface area contributed by atoms with Gasteiger partial charge in [-0.3, -0.25) is 9.59 Å². The summed E-state index contributed by atoms with van der Waals surface area (Å²) < 4.78 is 5.63. The largest absolute Gasteiger partial charge is 0.481 e. The molecule has 0 aliphatic heterocycles. The molecule has 4 rings (SSSR count). The second kappa shape index (κ2) is 7.13. The molecule has 6 unspecified atom stereocenters. The van der Waals surface area contributed by atoms with Gasteiger partial charge >= 0.3 is 11.9 Å². The van der Waals surface area contributed by atoms with Crippen molar-refractivity contribution in [3.05, 3.63) is 12.2 Å². The summed E-state index contributed by atoms with van der Waals surface area (Å²) >= 11 is 0. The molecule has 0 amide bonds. The molecule has 1 spiro atoms. The van der Waals surface area contributed by atoms with Crippen molar-refractivity contribution in [3.8, 4) is 0 Å². The highest BCUT2D eigenvalue weighted by molar-refractivity contribution is 5.77. The van der Waals surface area contributed by atoms with Gasteiger partial charge in [0.05, 0.1) is 0 Å². The average Bonchev–Trinajstić information content (AvgIpc) is 2.87. The van der Waals surface area contributed by atoms with E-state index in [0.29, 0.717) is 30.1 Å². The third-order valence-electron chi connectivity index (χ3n) is 9.37. The summed E-state index contributed by atoms with van der Waals surface area (Å²) in [5.41, 5.74) is 0.890. The molecule has 0 aromatic rings. The minimum atomic E-state index is -0.923. The Bertz CT molecular complexity index is 712. The molecule has 4 heteroatoms. The fraction of sp³-hybridized carbons (Fsp3) is 0.840. The Hall–Kier alpha value is -1.32. The van der Waals surface area contributed by atoms with Gasteiger partial charge in [-0.25, -0.2) is 0 Å². The molecule has 4 saturated carbocycles. The number of allylic oxidation sites excluding steroid dienone is 1. The quantitative estimate of drug-likeness (QED) is 0.479. The van der Waals surface area contributed by atoms with Crippen molar-refractivity contribution in [2.75, 3.05) is 6.61 Å². The smallest absolute Gasteiger partial charge is 0.313 e. The van der Waals surface area contributed by atoms with Crippen LogP contribution in [-0.2, 0) is 14.3 Å². The highest BCUT2D eigenvalue weighted by atomic mass is 16.5. The van der Waals surface area contributed by atoms with Crippen molar-refractivity contribution >= 4 is 11.9 Å². The van der Waals surface area contributed by atoms with Crippen LogP contribution in [0.15, 0.2) is 12.2 Å². The second-order valence-corrected chi connectivity index (χ2v) is 11.4. The zero-order chi connectivity index (χ0) is 21.0. The summed E-state index contributed by atoms with van der Waals surface area (Å²) in [6.07, 6.45) is 9.91. The Balaban J connectivity index is 1.62. The summed E-state index contributed by atoms with van der Waals surface area (Å²) in [5, 5.41) is 10.4. The van der Waals surface area contributed by atoms with Gasteiger partial charge < -0.3 is 9.84 Å². The first-order valence-corrected chi connectivity index (χ1v) is 11.7. The predicted octanol–water partition coefficient (Wildman–Crippen LogP) is 5.61. The van der Waals surface area contributed by atoms with Gasteiger partial charge in [-0.05, 0) is 85.9 Å². The molecule has 0 radical (unpaired) electrons. The Morgan fingerprint density at radius 2 is 1.93 bits per heavy atom. The van der Waals surface area contributed by atoms with Crippen molar-refractivity contribution in [2.24, 2.45) is 39.9 Å². The van der Waals surface area contributed by atoms with Crippen LogP contribution in [0.5, 0.6) is 0 Å². The van der Waals surface area contributed by atoms with E-state index in [4.69, 9.17) is 4.74 Å². The Morgan fingerprint density at radius 3 is 2.62 bits per heavy atom. The van der Waals surface area contributed by atoms with Gasteiger partial charge in [-0.1, -0.05) is 39.3 Å². The number of hydrogen-bond acceptors (Lipinski definition) is 3. The Labute approximate surface area is 175 Å². The van der Waals surface area contributed by atoms with E-state index in [1.165, 1.54) is 24.8 Å².